The van der Waals surface area contributed by atoms with Crippen LogP contribution in [0.15, 0.2) is 78.2 Å². The molecule has 1 unspecified atom stereocenters. The normalized spacial score (nSPS) is 11.9. The SMILES string of the molecule is COc1ccccc1NC(=O)C(C)Sc1nnc(-c2cccnc2)n1-c1ccccc1C(C)C. The summed E-state index contributed by atoms with van der Waals surface area (Å²) in [5.74, 6) is 1.44. The number of thioether (sulfide) groups is 1. The van der Waals surface area contributed by atoms with Crippen LogP contribution < -0.4 is 10.1 Å². The molecule has 0 aliphatic carbocycles. The number of carbonyl (C=O) groups is 1. The fourth-order valence-electron chi connectivity index (χ4n) is 3.62. The molecule has 34 heavy (non-hydrogen) atoms. The van der Waals surface area contributed by atoms with Crippen LogP contribution in [0.1, 0.15) is 32.3 Å². The lowest BCUT2D eigenvalue weighted by Crippen LogP contribution is -2.23. The van der Waals surface area contributed by atoms with Crippen LogP contribution in [-0.2, 0) is 4.79 Å². The summed E-state index contributed by atoms with van der Waals surface area (Å²) in [7, 11) is 1.58. The summed E-state index contributed by atoms with van der Waals surface area (Å²) in [6, 6.07) is 19.4. The van der Waals surface area contributed by atoms with Crippen LogP contribution in [0.5, 0.6) is 5.75 Å². The summed E-state index contributed by atoms with van der Waals surface area (Å²) in [6.45, 7) is 6.17. The van der Waals surface area contributed by atoms with Gasteiger partial charge >= 0.3 is 0 Å². The van der Waals surface area contributed by atoms with Gasteiger partial charge in [0.2, 0.25) is 5.91 Å². The fourth-order valence-corrected chi connectivity index (χ4v) is 4.48. The lowest BCUT2D eigenvalue weighted by Gasteiger charge is -2.18. The van der Waals surface area contributed by atoms with E-state index in [2.05, 4.69) is 46.5 Å². The molecule has 8 heteroatoms. The number of pyridine rings is 1. The number of nitrogens with zero attached hydrogens (tertiary/aromatic N) is 4. The van der Waals surface area contributed by atoms with E-state index in [1.54, 1.807) is 19.5 Å². The Kier molecular flexibility index (Phi) is 7.27. The van der Waals surface area contributed by atoms with Crippen LogP contribution in [-0.4, -0.2) is 38.0 Å². The van der Waals surface area contributed by atoms with E-state index in [9.17, 15) is 4.79 Å². The Balaban J connectivity index is 1.70. The van der Waals surface area contributed by atoms with Gasteiger partial charge in [0, 0.05) is 18.0 Å². The molecule has 2 heterocycles. The Hall–Kier alpha value is -3.65. The highest BCUT2D eigenvalue weighted by Gasteiger charge is 2.24. The van der Waals surface area contributed by atoms with E-state index >= 15 is 0 Å². The van der Waals surface area contributed by atoms with E-state index in [4.69, 9.17) is 4.74 Å². The molecular formula is C26H27N5O2S. The molecule has 1 atom stereocenters. The van der Waals surface area contributed by atoms with E-state index in [-0.39, 0.29) is 5.91 Å². The van der Waals surface area contributed by atoms with Gasteiger partial charge in [-0.2, -0.15) is 0 Å². The van der Waals surface area contributed by atoms with Crippen molar-refractivity contribution in [3.8, 4) is 22.8 Å². The zero-order valence-electron chi connectivity index (χ0n) is 19.6. The number of nitrogens with one attached hydrogen (secondary N) is 1. The first kappa shape index (κ1) is 23.5. The number of benzene rings is 2. The number of para-hydroxylation sites is 3. The summed E-state index contributed by atoms with van der Waals surface area (Å²) >= 11 is 1.36. The molecule has 1 amide bonds. The van der Waals surface area contributed by atoms with Crippen LogP contribution >= 0.6 is 11.8 Å². The van der Waals surface area contributed by atoms with Gasteiger partial charge in [-0.15, -0.1) is 10.2 Å². The molecule has 0 spiro atoms. The van der Waals surface area contributed by atoms with Gasteiger partial charge in [-0.3, -0.25) is 14.3 Å². The van der Waals surface area contributed by atoms with Crippen LogP contribution in [0.2, 0.25) is 0 Å². The minimum Gasteiger partial charge on any atom is -0.495 e. The van der Waals surface area contributed by atoms with Crippen molar-refractivity contribution in [1.82, 2.24) is 19.7 Å². The number of hydrogen-bond donors (Lipinski definition) is 1. The zero-order valence-corrected chi connectivity index (χ0v) is 20.4. The number of carbonyl (C=O) groups excluding carboxylic acids is 1. The molecule has 7 nitrogen and oxygen atoms in total. The molecule has 174 valence electrons. The maximum atomic E-state index is 13.0. The Bertz CT molecular complexity index is 1270. The molecule has 4 rings (SSSR count). The minimum absolute atomic E-state index is 0.149. The van der Waals surface area contributed by atoms with E-state index in [0.717, 1.165) is 11.3 Å². The molecule has 0 aliphatic rings. The number of hydrogen-bond acceptors (Lipinski definition) is 6. The second-order valence-electron chi connectivity index (χ2n) is 8.05. The predicted molar refractivity (Wildman–Crippen MR) is 136 cm³/mol. The standard InChI is InChI=1S/C26H27N5O2S/c1-17(2)20-11-5-7-13-22(20)31-24(19-10-9-15-27-16-19)29-30-26(31)34-18(3)25(32)28-21-12-6-8-14-23(21)33-4/h5-18H,1-4H3,(H,28,32). The van der Waals surface area contributed by atoms with E-state index in [1.165, 1.54) is 17.3 Å². The topological polar surface area (TPSA) is 81.9 Å². The van der Waals surface area contributed by atoms with Crippen molar-refractivity contribution in [3.63, 3.8) is 0 Å². The number of amides is 1. The summed E-state index contributed by atoms with van der Waals surface area (Å²) in [5.41, 5.74) is 3.64. The Morgan fingerprint density at radius 1 is 1.00 bits per heavy atom. The Morgan fingerprint density at radius 3 is 2.50 bits per heavy atom. The third-order valence-electron chi connectivity index (χ3n) is 5.37. The lowest BCUT2D eigenvalue weighted by atomic mass is 10.0. The number of aromatic nitrogens is 4. The Morgan fingerprint density at radius 2 is 1.76 bits per heavy atom. The van der Waals surface area contributed by atoms with E-state index in [1.807, 2.05) is 60.0 Å². The largest absolute Gasteiger partial charge is 0.495 e. The quantitative estimate of drug-likeness (QED) is 0.336. The molecule has 2 aromatic heterocycles. The summed E-state index contributed by atoms with van der Waals surface area (Å²) < 4.78 is 7.37. The highest BCUT2D eigenvalue weighted by Crippen LogP contribution is 2.34. The van der Waals surface area contributed by atoms with Gasteiger partial charge < -0.3 is 10.1 Å². The molecule has 0 fully saturated rings. The van der Waals surface area contributed by atoms with Crippen molar-refractivity contribution in [2.24, 2.45) is 0 Å². The van der Waals surface area contributed by atoms with Crippen LogP contribution in [0.25, 0.3) is 17.1 Å². The van der Waals surface area contributed by atoms with Crippen molar-refractivity contribution in [2.45, 2.75) is 37.1 Å². The summed E-state index contributed by atoms with van der Waals surface area (Å²) in [5, 5.41) is 12.1. The van der Waals surface area contributed by atoms with Crippen molar-refractivity contribution in [3.05, 3.63) is 78.6 Å². The van der Waals surface area contributed by atoms with Crippen molar-refractivity contribution < 1.29 is 9.53 Å². The number of anilines is 1. The lowest BCUT2D eigenvalue weighted by molar-refractivity contribution is -0.115. The fraction of sp³-hybridized carbons (Fsp3) is 0.231. The third kappa shape index (κ3) is 4.97. The van der Waals surface area contributed by atoms with Gasteiger partial charge in [-0.05, 0) is 48.7 Å². The molecule has 0 saturated heterocycles. The summed E-state index contributed by atoms with van der Waals surface area (Å²) in [4.78, 5) is 17.3. The van der Waals surface area contributed by atoms with Crippen LogP contribution in [0.3, 0.4) is 0 Å². The van der Waals surface area contributed by atoms with Gasteiger partial charge in [0.25, 0.3) is 0 Å². The highest BCUT2D eigenvalue weighted by atomic mass is 32.2. The molecule has 2 aromatic carbocycles. The number of ether oxygens (including phenoxy) is 1. The molecule has 0 aliphatic heterocycles. The van der Waals surface area contributed by atoms with Crippen LogP contribution in [0, 0.1) is 0 Å². The maximum Gasteiger partial charge on any atom is 0.237 e. The van der Waals surface area contributed by atoms with Gasteiger partial charge in [0.1, 0.15) is 5.75 Å². The average molecular weight is 474 g/mol. The van der Waals surface area contributed by atoms with Gasteiger partial charge in [-0.1, -0.05) is 55.9 Å². The van der Waals surface area contributed by atoms with E-state index < -0.39 is 5.25 Å². The maximum absolute atomic E-state index is 13.0. The molecule has 0 radical (unpaired) electrons. The van der Waals surface area contributed by atoms with E-state index in [0.29, 0.717) is 28.3 Å². The van der Waals surface area contributed by atoms with Crippen molar-refractivity contribution in [2.75, 3.05) is 12.4 Å². The van der Waals surface area contributed by atoms with Crippen LogP contribution in [0.4, 0.5) is 5.69 Å². The minimum atomic E-state index is -0.430. The van der Waals surface area contributed by atoms with Gasteiger partial charge in [-0.25, -0.2) is 0 Å². The average Bonchev–Trinajstić information content (AvgIpc) is 3.28. The highest BCUT2D eigenvalue weighted by molar-refractivity contribution is 8.00. The van der Waals surface area contributed by atoms with Crippen molar-refractivity contribution in [1.29, 1.82) is 0 Å². The second-order valence-corrected chi connectivity index (χ2v) is 9.35. The number of methoxy groups -OCH3 is 1. The Labute approximate surface area is 203 Å². The molecule has 0 saturated carbocycles. The van der Waals surface area contributed by atoms with Gasteiger partial charge in [0.15, 0.2) is 11.0 Å². The second kappa shape index (κ2) is 10.5. The third-order valence-corrected chi connectivity index (χ3v) is 6.41. The number of rotatable bonds is 8. The zero-order chi connectivity index (χ0) is 24.1. The monoisotopic (exact) mass is 473 g/mol. The summed E-state index contributed by atoms with van der Waals surface area (Å²) in [6.07, 6.45) is 3.50. The first-order chi connectivity index (χ1) is 16.5. The molecular weight excluding hydrogens is 446 g/mol. The predicted octanol–water partition coefficient (Wildman–Crippen LogP) is 5.58. The van der Waals surface area contributed by atoms with Crippen molar-refractivity contribution >= 4 is 23.4 Å². The smallest absolute Gasteiger partial charge is 0.237 e. The first-order valence-corrected chi connectivity index (χ1v) is 11.9. The molecule has 1 N–H and O–H groups in total. The molecule has 0 bridgehead atoms. The van der Waals surface area contributed by atoms with Gasteiger partial charge in [0.05, 0.1) is 23.7 Å². The molecule has 4 aromatic rings. The first-order valence-electron chi connectivity index (χ1n) is 11.0.